The molecule has 42 heavy (non-hydrogen) atoms. The molecule has 0 aliphatic heterocycles. The van der Waals surface area contributed by atoms with E-state index < -0.39 is 66.2 Å². The number of fused-ring (bicyclic) bond motifs is 1. The van der Waals surface area contributed by atoms with Gasteiger partial charge in [-0.15, -0.1) is 0 Å². The second-order valence-corrected chi connectivity index (χ2v) is 9.58. The number of primary amides is 1. The molecule has 2 aromatic heterocycles. The molecule has 1 aromatic carbocycles. The summed E-state index contributed by atoms with van der Waals surface area (Å²) in [4.78, 5) is 83.2. The Morgan fingerprint density at radius 3 is 2.19 bits per heavy atom. The standard InChI is InChI=1S/C26H32N8O8/c27-16(8-14-11-29-12-31-14)23(38)33-19(7-13-10-30-17-4-2-1-3-15(13)17)25(40)32-18(5-6-21(28)35)24(39)34-20(26(41)42)9-22(36)37/h1-4,10-12,16,18-20,30H,5-9,27H2,(H2,28,35)(H,29,31)(H,32,40)(H,33,38)(H,34,39)(H,36,37)(H,41,42). The van der Waals surface area contributed by atoms with Crippen LogP contribution in [0.1, 0.15) is 30.5 Å². The van der Waals surface area contributed by atoms with E-state index in [9.17, 15) is 33.9 Å². The number of H-pyrrole nitrogens is 2. The van der Waals surface area contributed by atoms with Gasteiger partial charge in [0, 0.05) is 48.3 Å². The zero-order chi connectivity index (χ0) is 30.8. The molecular weight excluding hydrogens is 552 g/mol. The van der Waals surface area contributed by atoms with Gasteiger partial charge in [0.2, 0.25) is 23.6 Å². The topological polar surface area (TPSA) is 275 Å². The van der Waals surface area contributed by atoms with E-state index in [0.29, 0.717) is 11.3 Å². The molecular formula is C26H32N8O8. The number of hydrogen-bond acceptors (Lipinski definition) is 8. The van der Waals surface area contributed by atoms with Crippen molar-refractivity contribution in [3.63, 3.8) is 0 Å². The number of amides is 4. The summed E-state index contributed by atoms with van der Waals surface area (Å²) >= 11 is 0. The van der Waals surface area contributed by atoms with Gasteiger partial charge in [-0.25, -0.2) is 9.78 Å². The van der Waals surface area contributed by atoms with Crippen molar-refractivity contribution in [2.24, 2.45) is 11.5 Å². The molecule has 0 spiro atoms. The Morgan fingerprint density at radius 2 is 1.55 bits per heavy atom. The second-order valence-electron chi connectivity index (χ2n) is 9.58. The fraction of sp³-hybridized carbons (Fsp3) is 0.346. The lowest BCUT2D eigenvalue weighted by molar-refractivity contribution is -0.147. The first-order valence-corrected chi connectivity index (χ1v) is 12.9. The van der Waals surface area contributed by atoms with Crippen LogP contribution in [0.25, 0.3) is 10.9 Å². The Bertz CT molecular complexity index is 1440. The van der Waals surface area contributed by atoms with Crippen molar-refractivity contribution < 1.29 is 39.0 Å². The van der Waals surface area contributed by atoms with Crippen molar-refractivity contribution in [3.8, 4) is 0 Å². The number of nitrogens with one attached hydrogen (secondary N) is 5. The Hall–Kier alpha value is -5.25. The zero-order valence-electron chi connectivity index (χ0n) is 22.3. The molecule has 4 atom stereocenters. The van der Waals surface area contributed by atoms with Crippen LogP contribution in [0, 0.1) is 0 Å². The summed E-state index contributed by atoms with van der Waals surface area (Å²) in [5, 5.41) is 26.2. The average molecular weight is 585 g/mol. The number of hydrogen-bond donors (Lipinski definition) is 9. The monoisotopic (exact) mass is 584 g/mol. The number of carboxylic acid groups (broad SMARTS) is 2. The molecule has 0 bridgehead atoms. The van der Waals surface area contributed by atoms with Crippen LogP contribution in [0.15, 0.2) is 43.0 Å². The predicted octanol–water partition coefficient (Wildman–Crippen LogP) is -1.72. The third kappa shape index (κ3) is 8.88. The minimum Gasteiger partial charge on any atom is -0.481 e. The first-order valence-electron chi connectivity index (χ1n) is 12.9. The molecule has 0 aliphatic carbocycles. The molecule has 0 radical (unpaired) electrons. The summed E-state index contributed by atoms with van der Waals surface area (Å²) < 4.78 is 0. The van der Waals surface area contributed by atoms with E-state index in [2.05, 4.69) is 30.9 Å². The lowest BCUT2D eigenvalue weighted by atomic mass is 10.0. The van der Waals surface area contributed by atoms with Crippen LogP contribution in [0.2, 0.25) is 0 Å². The number of carbonyl (C=O) groups excluding carboxylic acids is 4. The maximum absolute atomic E-state index is 13.5. The van der Waals surface area contributed by atoms with E-state index >= 15 is 0 Å². The van der Waals surface area contributed by atoms with Gasteiger partial charge in [-0.05, 0) is 18.1 Å². The molecule has 0 aliphatic rings. The van der Waals surface area contributed by atoms with Gasteiger partial charge >= 0.3 is 11.9 Å². The molecule has 16 nitrogen and oxygen atoms in total. The summed E-state index contributed by atoms with van der Waals surface area (Å²) in [5.41, 5.74) is 13.3. The van der Waals surface area contributed by atoms with Crippen LogP contribution in [0.5, 0.6) is 0 Å². The first-order chi connectivity index (χ1) is 19.9. The minimum atomic E-state index is -1.80. The lowest BCUT2D eigenvalue weighted by Gasteiger charge is -2.25. The summed E-state index contributed by atoms with van der Waals surface area (Å²) in [6.07, 6.45) is 3.06. The Morgan fingerprint density at radius 1 is 0.881 bits per heavy atom. The Kier molecular flexibility index (Phi) is 10.7. The van der Waals surface area contributed by atoms with Gasteiger partial charge in [0.25, 0.3) is 0 Å². The van der Waals surface area contributed by atoms with E-state index in [0.717, 1.165) is 10.9 Å². The number of carbonyl (C=O) groups is 6. The van der Waals surface area contributed by atoms with E-state index in [4.69, 9.17) is 16.6 Å². The summed E-state index contributed by atoms with van der Waals surface area (Å²) in [5.74, 6) is -6.44. The maximum atomic E-state index is 13.5. The molecule has 16 heteroatoms. The van der Waals surface area contributed by atoms with Gasteiger partial charge < -0.3 is 47.6 Å². The smallest absolute Gasteiger partial charge is 0.326 e. The van der Waals surface area contributed by atoms with Crippen LogP contribution < -0.4 is 27.4 Å². The van der Waals surface area contributed by atoms with Crippen molar-refractivity contribution in [3.05, 3.63) is 54.2 Å². The molecule has 0 saturated heterocycles. The van der Waals surface area contributed by atoms with E-state index in [1.54, 1.807) is 12.3 Å². The largest absolute Gasteiger partial charge is 0.481 e. The van der Waals surface area contributed by atoms with E-state index in [1.165, 1.54) is 12.5 Å². The van der Waals surface area contributed by atoms with Crippen molar-refractivity contribution in [1.82, 2.24) is 30.9 Å². The fourth-order valence-electron chi connectivity index (χ4n) is 4.21. The third-order valence-corrected chi connectivity index (χ3v) is 6.37. The number of aromatic nitrogens is 3. The number of carboxylic acids is 2. The average Bonchev–Trinajstić information content (AvgIpc) is 3.59. The normalized spacial score (nSPS) is 13.8. The van der Waals surface area contributed by atoms with E-state index in [1.807, 2.05) is 18.2 Å². The second kappa shape index (κ2) is 14.4. The predicted molar refractivity (Wildman–Crippen MR) is 146 cm³/mol. The zero-order valence-corrected chi connectivity index (χ0v) is 22.3. The molecule has 3 aromatic rings. The minimum absolute atomic E-state index is 0.0285. The lowest BCUT2D eigenvalue weighted by Crippen LogP contribution is -2.58. The number of aliphatic carboxylic acids is 2. The van der Waals surface area contributed by atoms with Crippen molar-refractivity contribution in [1.29, 1.82) is 0 Å². The van der Waals surface area contributed by atoms with Crippen LogP contribution in [0.4, 0.5) is 0 Å². The molecule has 4 amide bonds. The highest BCUT2D eigenvalue weighted by atomic mass is 16.4. The summed E-state index contributed by atoms with van der Waals surface area (Å²) in [7, 11) is 0. The number of nitrogens with zero attached hydrogens (tertiary/aromatic N) is 1. The highest BCUT2D eigenvalue weighted by molar-refractivity contribution is 5.95. The van der Waals surface area contributed by atoms with Gasteiger partial charge in [-0.1, -0.05) is 18.2 Å². The van der Waals surface area contributed by atoms with Crippen LogP contribution >= 0.6 is 0 Å². The maximum Gasteiger partial charge on any atom is 0.326 e. The van der Waals surface area contributed by atoms with Crippen molar-refractivity contribution >= 4 is 46.5 Å². The van der Waals surface area contributed by atoms with Crippen molar-refractivity contribution in [2.45, 2.75) is 56.3 Å². The van der Waals surface area contributed by atoms with Gasteiger partial charge in [-0.3, -0.25) is 24.0 Å². The molecule has 0 saturated carbocycles. The number of nitrogens with two attached hydrogens (primary N) is 2. The van der Waals surface area contributed by atoms with E-state index in [-0.39, 0.29) is 25.7 Å². The molecule has 11 N–H and O–H groups in total. The number of para-hydroxylation sites is 1. The Balaban J connectivity index is 1.84. The highest BCUT2D eigenvalue weighted by Crippen LogP contribution is 2.19. The van der Waals surface area contributed by atoms with Gasteiger partial charge in [0.15, 0.2) is 0 Å². The molecule has 224 valence electrons. The number of rotatable bonds is 16. The van der Waals surface area contributed by atoms with Gasteiger partial charge in [0.1, 0.15) is 18.1 Å². The SMILES string of the molecule is NC(=O)CCC(NC(=O)C(Cc1c[nH]c2ccccc12)NC(=O)C(N)Cc1cnc[nH]1)C(=O)NC(CC(=O)O)C(=O)O. The Labute approximate surface area is 238 Å². The van der Waals surface area contributed by atoms with Crippen LogP contribution in [-0.4, -0.2) is 84.9 Å². The molecule has 2 heterocycles. The molecule has 3 rings (SSSR count). The quantitative estimate of drug-likeness (QED) is 0.0918. The van der Waals surface area contributed by atoms with Crippen LogP contribution in [-0.2, 0) is 41.6 Å². The molecule has 4 unspecified atom stereocenters. The molecule has 0 fully saturated rings. The summed E-state index contributed by atoms with van der Waals surface area (Å²) in [6.45, 7) is 0. The van der Waals surface area contributed by atoms with Crippen LogP contribution in [0.3, 0.4) is 0 Å². The number of aromatic amines is 2. The first kappa shape index (κ1) is 31.3. The fourth-order valence-corrected chi connectivity index (χ4v) is 4.21. The summed E-state index contributed by atoms with van der Waals surface area (Å²) in [6, 6.07) is 1.65. The number of benzene rings is 1. The van der Waals surface area contributed by atoms with Crippen molar-refractivity contribution in [2.75, 3.05) is 0 Å². The highest BCUT2D eigenvalue weighted by Gasteiger charge is 2.32. The van der Waals surface area contributed by atoms with Gasteiger partial charge in [0.05, 0.1) is 18.8 Å². The number of imidazole rings is 1. The van der Waals surface area contributed by atoms with Gasteiger partial charge in [-0.2, -0.15) is 0 Å². The third-order valence-electron chi connectivity index (χ3n) is 6.37.